The van der Waals surface area contributed by atoms with E-state index in [1.165, 1.54) is 18.3 Å². The second kappa shape index (κ2) is 7.87. The smallest absolute Gasteiger partial charge is 0.272 e. The van der Waals surface area contributed by atoms with E-state index in [1.807, 2.05) is 30.3 Å². The maximum absolute atomic E-state index is 13.3. The number of hydrogen-bond donors (Lipinski definition) is 1. The zero-order valence-electron chi connectivity index (χ0n) is 16.2. The van der Waals surface area contributed by atoms with E-state index in [-0.39, 0.29) is 18.5 Å². The Labute approximate surface area is 177 Å². The summed E-state index contributed by atoms with van der Waals surface area (Å²) in [6.07, 6.45) is 1.53. The first kappa shape index (κ1) is 18.7. The van der Waals surface area contributed by atoms with Gasteiger partial charge in [0.2, 0.25) is 6.79 Å². The highest BCUT2D eigenvalue weighted by atomic mass is 19.1. The summed E-state index contributed by atoms with van der Waals surface area (Å²) in [6, 6.07) is 20.4. The van der Waals surface area contributed by atoms with Gasteiger partial charge in [-0.1, -0.05) is 18.2 Å². The molecule has 2 heterocycles. The lowest BCUT2D eigenvalue weighted by atomic mass is 10.0. The number of carbonyl (C=O) groups is 1. The minimum Gasteiger partial charge on any atom is -0.454 e. The van der Waals surface area contributed by atoms with Gasteiger partial charge in [0.1, 0.15) is 5.82 Å². The van der Waals surface area contributed by atoms with Gasteiger partial charge < -0.3 is 9.47 Å². The molecule has 0 radical (unpaired) electrons. The van der Waals surface area contributed by atoms with Crippen LogP contribution in [-0.4, -0.2) is 23.9 Å². The number of nitrogens with one attached hydrogen (secondary N) is 1. The molecule has 0 aliphatic carbocycles. The Morgan fingerprint density at radius 3 is 2.68 bits per heavy atom. The summed E-state index contributed by atoms with van der Waals surface area (Å²) in [5.74, 6) is 0.608. The van der Waals surface area contributed by atoms with Gasteiger partial charge in [-0.25, -0.2) is 14.8 Å². The molecule has 0 spiro atoms. The topological polar surface area (TPSA) is 72.8 Å². The molecule has 1 aliphatic heterocycles. The third-order valence-electron chi connectivity index (χ3n) is 4.88. The number of rotatable bonds is 4. The summed E-state index contributed by atoms with van der Waals surface area (Å²) in [4.78, 5) is 17.5. The van der Waals surface area contributed by atoms with E-state index < -0.39 is 0 Å². The molecule has 0 bridgehead atoms. The largest absolute Gasteiger partial charge is 0.454 e. The number of pyridine rings is 1. The summed E-state index contributed by atoms with van der Waals surface area (Å²) >= 11 is 0. The highest BCUT2D eigenvalue weighted by Gasteiger charge is 2.14. The van der Waals surface area contributed by atoms with Crippen molar-refractivity contribution in [3.05, 3.63) is 89.7 Å². The number of ether oxygens (including phenoxy) is 2. The number of hydrogen-bond acceptors (Lipinski definition) is 5. The third-order valence-corrected chi connectivity index (χ3v) is 4.88. The van der Waals surface area contributed by atoms with Crippen LogP contribution in [0.3, 0.4) is 0 Å². The predicted molar refractivity (Wildman–Crippen MR) is 115 cm³/mol. The van der Waals surface area contributed by atoms with Crippen molar-refractivity contribution in [2.24, 2.45) is 5.10 Å². The second-order valence-corrected chi connectivity index (χ2v) is 6.89. The van der Waals surface area contributed by atoms with Crippen molar-refractivity contribution in [3.63, 3.8) is 0 Å². The van der Waals surface area contributed by atoms with E-state index in [1.54, 1.807) is 30.3 Å². The molecular formula is C24H16FN3O3. The molecule has 1 aromatic heterocycles. The minimum atomic E-state index is -0.376. The van der Waals surface area contributed by atoms with Gasteiger partial charge in [0.15, 0.2) is 11.5 Å². The summed E-state index contributed by atoms with van der Waals surface area (Å²) in [7, 11) is 0. The Hall–Kier alpha value is -4.26. The van der Waals surface area contributed by atoms with Crippen LogP contribution < -0.4 is 14.9 Å². The number of benzene rings is 3. The van der Waals surface area contributed by atoms with Crippen LogP contribution in [0.25, 0.3) is 22.2 Å². The molecule has 0 saturated carbocycles. The van der Waals surface area contributed by atoms with E-state index in [0.717, 1.165) is 5.56 Å². The van der Waals surface area contributed by atoms with E-state index in [9.17, 15) is 9.18 Å². The lowest BCUT2D eigenvalue weighted by Crippen LogP contribution is -2.18. The molecule has 1 amide bonds. The average Bonchev–Trinajstić information content (AvgIpc) is 3.27. The van der Waals surface area contributed by atoms with Gasteiger partial charge in [-0.3, -0.25) is 4.79 Å². The van der Waals surface area contributed by atoms with Gasteiger partial charge in [0.25, 0.3) is 5.91 Å². The van der Waals surface area contributed by atoms with Crippen molar-refractivity contribution in [3.8, 4) is 22.8 Å². The highest BCUT2D eigenvalue weighted by Crippen LogP contribution is 2.32. The van der Waals surface area contributed by atoms with Crippen LogP contribution in [0, 0.1) is 5.82 Å². The van der Waals surface area contributed by atoms with Crippen LogP contribution >= 0.6 is 0 Å². The van der Waals surface area contributed by atoms with E-state index >= 15 is 0 Å². The van der Waals surface area contributed by atoms with Gasteiger partial charge in [-0.2, -0.15) is 5.10 Å². The number of nitrogens with zero attached hydrogens (tertiary/aromatic N) is 2. The van der Waals surface area contributed by atoms with Crippen molar-refractivity contribution in [2.75, 3.05) is 6.79 Å². The average molecular weight is 413 g/mol. The van der Waals surface area contributed by atoms with Crippen LogP contribution in [0.1, 0.15) is 15.9 Å². The Morgan fingerprint density at radius 2 is 1.81 bits per heavy atom. The van der Waals surface area contributed by atoms with E-state index in [4.69, 9.17) is 9.47 Å². The Kier molecular flexibility index (Phi) is 4.76. The molecular weight excluding hydrogens is 397 g/mol. The van der Waals surface area contributed by atoms with Crippen molar-refractivity contribution in [2.45, 2.75) is 0 Å². The van der Waals surface area contributed by atoms with Gasteiger partial charge >= 0.3 is 0 Å². The first-order valence-electron chi connectivity index (χ1n) is 9.56. The summed E-state index contributed by atoms with van der Waals surface area (Å²) in [5.41, 5.74) is 5.70. The van der Waals surface area contributed by atoms with Crippen LogP contribution in [0.5, 0.6) is 11.5 Å². The molecule has 1 N–H and O–H groups in total. The van der Waals surface area contributed by atoms with Crippen molar-refractivity contribution >= 4 is 23.0 Å². The number of hydrazone groups is 1. The zero-order chi connectivity index (χ0) is 21.2. The number of halogens is 1. The van der Waals surface area contributed by atoms with Crippen LogP contribution in [-0.2, 0) is 0 Å². The molecule has 0 saturated heterocycles. The Morgan fingerprint density at radius 1 is 1.00 bits per heavy atom. The maximum atomic E-state index is 13.3. The number of para-hydroxylation sites is 1. The molecule has 0 atom stereocenters. The Balaban J connectivity index is 1.44. The van der Waals surface area contributed by atoms with Crippen molar-refractivity contribution < 1.29 is 18.7 Å². The molecule has 152 valence electrons. The van der Waals surface area contributed by atoms with Crippen molar-refractivity contribution in [1.82, 2.24) is 10.4 Å². The minimum absolute atomic E-state index is 0.193. The van der Waals surface area contributed by atoms with E-state index in [0.29, 0.717) is 39.2 Å². The van der Waals surface area contributed by atoms with E-state index in [2.05, 4.69) is 15.5 Å². The number of aromatic nitrogens is 1. The lowest BCUT2D eigenvalue weighted by Gasteiger charge is -2.09. The number of fused-ring (bicyclic) bond motifs is 2. The molecule has 3 aromatic carbocycles. The first-order valence-corrected chi connectivity index (χ1v) is 9.56. The first-order chi connectivity index (χ1) is 15.2. The fourth-order valence-corrected chi connectivity index (χ4v) is 3.35. The fraction of sp³-hybridized carbons (Fsp3) is 0.0417. The van der Waals surface area contributed by atoms with Crippen molar-refractivity contribution in [1.29, 1.82) is 0 Å². The number of amides is 1. The van der Waals surface area contributed by atoms with Crippen LogP contribution in [0.4, 0.5) is 4.39 Å². The normalized spacial score (nSPS) is 12.4. The molecule has 0 fully saturated rings. The molecule has 5 rings (SSSR count). The molecule has 7 heteroatoms. The molecule has 31 heavy (non-hydrogen) atoms. The fourth-order valence-electron chi connectivity index (χ4n) is 3.35. The Bertz CT molecular complexity index is 1320. The van der Waals surface area contributed by atoms with Gasteiger partial charge in [0.05, 0.1) is 23.0 Å². The molecule has 6 nitrogen and oxygen atoms in total. The molecule has 4 aromatic rings. The third kappa shape index (κ3) is 3.81. The summed E-state index contributed by atoms with van der Waals surface area (Å²) < 4.78 is 23.9. The standard InChI is InChI=1S/C24H16FN3O3/c25-17-8-6-16(7-9-17)21-12-19(18-3-1-2-4-20(18)27-21)24(29)28-26-13-15-5-10-22-23(11-15)31-14-30-22/h1-13H,14H2,(H,28,29)/b26-13-. The predicted octanol–water partition coefficient (Wildman–Crippen LogP) is 4.53. The molecule has 1 aliphatic rings. The SMILES string of the molecule is O=C(N/N=C\c1ccc2c(c1)OCO2)c1cc(-c2ccc(F)cc2)nc2ccccc12. The summed E-state index contributed by atoms with van der Waals surface area (Å²) in [5, 5.41) is 4.77. The zero-order valence-corrected chi connectivity index (χ0v) is 16.2. The van der Waals surface area contributed by atoms with Crippen LogP contribution in [0.15, 0.2) is 77.9 Å². The molecule has 0 unspecified atom stereocenters. The lowest BCUT2D eigenvalue weighted by molar-refractivity contribution is 0.0956. The second-order valence-electron chi connectivity index (χ2n) is 6.89. The highest BCUT2D eigenvalue weighted by molar-refractivity contribution is 6.07. The number of carbonyl (C=O) groups excluding carboxylic acids is 1. The van der Waals surface area contributed by atoms with Gasteiger partial charge in [-0.05, 0) is 60.2 Å². The quantitative estimate of drug-likeness (QED) is 0.394. The summed E-state index contributed by atoms with van der Waals surface area (Å²) in [6.45, 7) is 0.193. The monoisotopic (exact) mass is 413 g/mol. The van der Waals surface area contributed by atoms with Crippen LogP contribution in [0.2, 0.25) is 0 Å². The van der Waals surface area contributed by atoms with Gasteiger partial charge in [0, 0.05) is 10.9 Å². The maximum Gasteiger partial charge on any atom is 0.272 e. The van der Waals surface area contributed by atoms with Gasteiger partial charge in [-0.15, -0.1) is 0 Å².